The van der Waals surface area contributed by atoms with E-state index in [2.05, 4.69) is 0 Å². The van der Waals surface area contributed by atoms with Crippen LogP contribution in [-0.2, 0) is 4.79 Å². The highest BCUT2D eigenvalue weighted by molar-refractivity contribution is 5.91. The molecule has 0 spiro atoms. The van der Waals surface area contributed by atoms with Crippen molar-refractivity contribution in [2.24, 2.45) is 0 Å². The summed E-state index contributed by atoms with van der Waals surface area (Å²) in [6.45, 7) is 0.554. The first-order chi connectivity index (χ1) is 9.31. The van der Waals surface area contributed by atoms with Crippen LogP contribution in [0, 0.1) is 0 Å². The van der Waals surface area contributed by atoms with E-state index in [1.807, 2.05) is 0 Å². The number of anilines is 1. The van der Waals surface area contributed by atoms with Crippen LogP contribution >= 0.6 is 0 Å². The molecular formula is C14H17F3N2O. The van der Waals surface area contributed by atoms with E-state index in [1.165, 1.54) is 6.08 Å². The lowest BCUT2D eigenvalue weighted by Crippen LogP contribution is -2.38. The van der Waals surface area contributed by atoms with Gasteiger partial charge < -0.3 is 10.6 Å². The monoisotopic (exact) mass is 286 g/mol. The fourth-order valence-corrected chi connectivity index (χ4v) is 1.69. The molecule has 0 heterocycles. The summed E-state index contributed by atoms with van der Waals surface area (Å²) < 4.78 is 37.1. The Balaban J connectivity index is 2.75. The zero-order chi connectivity index (χ0) is 15.2. The van der Waals surface area contributed by atoms with Crippen LogP contribution in [0.5, 0.6) is 0 Å². The first-order valence-electron chi connectivity index (χ1n) is 6.21. The number of alkyl halides is 3. The van der Waals surface area contributed by atoms with Crippen molar-refractivity contribution < 1.29 is 18.0 Å². The third-order valence-corrected chi connectivity index (χ3v) is 2.50. The van der Waals surface area contributed by atoms with E-state index in [-0.39, 0.29) is 6.54 Å². The molecule has 0 radical (unpaired) electrons. The number of hydrogen-bond donors (Lipinski definition) is 1. The molecule has 0 unspecified atom stereocenters. The van der Waals surface area contributed by atoms with Crippen molar-refractivity contribution >= 4 is 17.7 Å². The third-order valence-electron chi connectivity index (χ3n) is 2.50. The van der Waals surface area contributed by atoms with Gasteiger partial charge in [-0.3, -0.25) is 4.79 Å². The number of hydrogen-bond acceptors (Lipinski definition) is 2. The van der Waals surface area contributed by atoms with Gasteiger partial charge in [-0.25, -0.2) is 0 Å². The van der Waals surface area contributed by atoms with Crippen LogP contribution in [0.15, 0.2) is 30.3 Å². The zero-order valence-corrected chi connectivity index (χ0v) is 11.2. The van der Waals surface area contributed by atoms with E-state index in [4.69, 9.17) is 5.73 Å². The van der Waals surface area contributed by atoms with Gasteiger partial charge in [0.25, 0.3) is 0 Å². The lowest BCUT2D eigenvalue weighted by atomic mass is 10.2. The zero-order valence-electron chi connectivity index (χ0n) is 11.2. The minimum Gasteiger partial charge on any atom is -0.399 e. The molecule has 0 aromatic heterocycles. The molecule has 0 fully saturated rings. The number of rotatable bonds is 5. The second-order valence-corrected chi connectivity index (χ2v) is 4.38. The summed E-state index contributed by atoms with van der Waals surface area (Å²) in [5.74, 6) is -0.661. The van der Waals surface area contributed by atoms with Crippen molar-refractivity contribution in [2.45, 2.75) is 19.5 Å². The van der Waals surface area contributed by atoms with Crippen molar-refractivity contribution in [2.75, 3.05) is 18.8 Å². The van der Waals surface area contributed by atoms with Gasteiger partial charge >= 0.3 is 6.18 Å². The number of benzene rings is 1. The molecule has 0 bridgehead atoms. The molecule has 1 aromatic rings. The molecule has 1 aromatic carbocycles. The normalized spacial score (nSPS) is 11.8. The van der Waals surface area contributed by atoms with Crippen molar-refractivity contribution in [1.82, 2.24) is 4.90 Å². The minimum absolute atomic E-state index is 0.0691. The van der Waals surface area contributed by atoms with Crippen LogP contribution in [0.25, 0.3) is 6.08 Å². The summed E-state index contributed by atoms with van der Waals surface area (Å²) in [7, 11) is 0. The van der Waals surface area contributed by atoms with Crippen molar-refractivity contribution in [3.63, 3.8) is 0 Å². The van der Waals surface area contributed by atoms with E-state index in [0.29, 0.717) is 17.7 Å². The number of halogens is 3. The molecule has 110 valence electrons. The SMILES string of the molecule is CCCN(CC(F)(F)F)C(=O)/C=C/c1cccc(N)c1. The van der Waals surface area contributed by atoms with Gasteiger partial charge in [0.2, 0.25) is 5.91 Å². The van der Waals surface area contributed by atoms with E-state index in [0.717, 1.165) is 11.0 Å². The Labute approximate surface area is 115 Å². The summed E-state index contributed by atoms with van der Waals surface area (Å²) >= 11 is 0. The Kier molecular flexibility index (Phi) is 5.61. The number of amides is 1. The van der Waals surface area contributed by atoms with Gasteiger partial charge in [-0.1, -0.05) is 19.1 Å². The Hall–Kier alpha value is -1.98. The van der Waals surface area contributed by atoms with Crippen molar-refractivity contribution in [3.05, 3.63) is 35.9 Å². The molecule has 0 aliphatic heterocycles. The van der Waals surface area contributed by atoms with E-state index < -0.39 is 18.6 Å². The predicted octanol–water partition coefficient (Wildman–Crippen LogP) is 3.08. The van der Waals surface area contributed by atoms with Gasteiger partial charge in [-0.2, -0.15) is 13.2 Å². The Bertz CT molecular complexity index is 484. The molecule has 6 heteroatoms. The second kappa shape index (κ2) is 6.98. The molecule has 0 atom stereocenters. The second-order valence-electron chi connectivity index (χ2n) is 4.38. The van der Waals surface area contributed by atoms with Gasteiger partial charge in [0.1, 0.15) is 6.54 Å². The largest absolute Gasteiger partial charge is 0.406 e. The summed E-state index contributed by atoms with van der Waals surface area (Å²) in [4.78, 5) is 12.6. The average molecular weight is 286 g/mol. The van der Waals surface area contributed by atoms with Crippen LogP contribution in [-0.4, -0.2) is 30.1 Å². The average Bonchev–Trinajstić information content (AvgIpc) is 2.34. The van der Waals surface area contributed by atoms with Crippen molar-refractivity contribution in [3.8, 4) is 0 Å². The Morgan fingerprint density at radius 3 is 2.65 bits per heavy atom. The highest BCUT2D eigenvalue weighted by Crippen LogP contribution is 2.17. The summed E-state index contributed by atoms with van der Waals surface area (Å²) in [5.41, 5.74) is 6.77. The molecule has 0 saturated heterocycles. The number of nitrogens with zero attached hydrogens (tertiary/aromatic N) is 1. The van der Waals surface area contributed by atoms with Gasteiger partial charge in [-0.05, 0) is 30.2 Å². The third kappa shape index (κ3) is 5.77. The first-order valence-corrected chi connectivity index (χ1v) is 6.21. The standard InChI is InChI=1S/C14H17F3N2O/c1-2-8-19(10-14(15,16)17)13(20)7-6-11-4-3-5-12(18)9-11/h3-7,9H,2,8,10,18H2,1H3/b7-6+. The number of carbonyl (C=O) groups excluding carboxylic acids is 1. The Morgan fingerprint density at radius 2 is 2.10 bits per heavy atom. The predicted molar refractivity (Wildman–Crippen MR) is 72.8 cm³/mol. The van der Waals surface area contributed by atoms with Crippen LogP contribution in [0.1, 0.15) is 18.9 Å². The van der Waals surface area contributed by atoms with Gasteiger partial charge in [-0.15, -0.1) is 0 Å². The van der Waals surface area contributed by atoms with Crippen LogP contribution < -0.4 is 5.73 Å². The molecule has 20 heavy (non-hydrogen) atoms. The van der Waals surface area contributed by atoms with Crippen LogP contribution in [0.4, 0.5) is 18.9 Å². The smallest absolute Gasteiger partial charge is 0.399 e. The highest BCUT2D eigenvalue weighted by Gasteiger charge is 2.31. The lowest BCUT2D eigenvalue weighted by molar-refractivity contribution is -0.158. The van der Waals surface area contributed by atoms with Crippen LogP contribution in [0.2, 0.25) is 0 Å². The molecular weight excluding hydrogens is 269 g/mol. The molecule has 1 rings (SSSR count). The summed E-state index contributed by atoms with van der Waals surface area (Å²) in [5, 5.41) is 0. The molecule has 0 aliphatic rings. The fraction of sp³-hybridized carbons (Fsp3) is 0.357. The highest BCUT2D eigenvalue weighted by atomic mass is 19.4. The molecule has 2 N–H and O–H groups in total. The quantitative estimate of drug-likeness (QED) is 0.668. The maximum Gasteiger partial charge on any atom is 0.406 e. The summed E-state index contributed by atoms with van der Waals surface area (Å²) in [6, 6.07) is 6.75. The summed E-state index contributed by atoms with van der Waals surface area (Å²) in [6.07, 6.45) is -1.34. The van der Waals surface area contributed by atoms with Crippen molar-refractivity contribution in [1.29, 1.82) is 0 Å². The minimum atomic E-state index is -4.39. The van der Waals surface area contributed by atoms with Gasteiger partial charge in [0.15, 0.2) is 0 Å². The topological polar surface area (TPSA) is 46.3 Å². The van der Waals surface area contributed by atoms with E-state index in [9.17, 15) is 18.0 Å². The number of carbonyl (C=O) groups is 1. The maximum absolute atomic E-state index is 12.4. The maximum atomic E-state index is 12.4. The molecule has 0 aliphatic carbocycles. The number of nitrogens with two attached hydrogens (primary N) is 1. The molecule has 3 nitrogen and oxygen atoms in total. The molecule has 1 amide bonds. The van der Waals surface area contributed by atoms with Crippen LogP contribution in [0.3, 0.4) is 0 Å². The van der Waals surface area contributed by atoms with Gasteiger partial charge in [0, 0.05) is 18.3 Å². The van der Waals surface area contributed by atoms with E-state index >= 15 is 0 Å². The fourth-order valence-electron chi connectivity index (χ4n) is 1.69. The first kappa shape index (κ1) is 16.1. The Morgan fingerprint density at radius 1 is 1.40 bits per heavy atom. The number of nitrogen functional groups attached to an aromatic ring is 1. The van der Waals surface area contributed by atoms with Gasteiger partial charge in [0.05, 0.1) is 0 Å². The lowest BCUT2D eigenvalue weighted by Gasteiger charge is -2.21. The molecule has 0 saturated carbocycles. The van der Waals surface area contributed by atoms with E-state index in [1.54, 1.807) is 31.2 Å².